The van der Waals surface area contributed by atoms with Crippen LogP contribution in [0.3, 0.4) is 0 Å². The lowest BCUT2D eigenvalue weighted by Gasteiger charge is -2.10. The highest BCUT2D eigenvalue weighted by atomic mass is 32.2. The van der Waals surface area contributed by atoms with Gasteiger partial charge in [0.1, 0.15) is 0 Å². The van der Waals surface area contributed by atoms with Crippen LogP contribution in [0.1, 0.15) is 44.2 Å². The molecule has 0 aliphatic rings. The van der Waals surface area contributed by atoms with Gasteiger partial charge in [-0.1, -0.05) is 25.0 Å². The maximum absolute atomic E-state index is 11.8. The van der Waals surface area contributed by atoms with E-state index in [2.05, 4.69) is 16.9 Å². The van der Waals surface area contributed by atoms with E-state index >= 15 is 0 Å². The number of carbonyl (C=O) groups is 1. The van der Waals surface area contributed by atoms with E-state index < -0.39 is 0 Å². The van der Waals surface area contributed by atoms with E-state index in [0.717, 1.165) is 24.2 Å². The highest BCUT2D eigenvalue weighted by Gasteiger charge is 2.03. The summed E-state index contributed by atoms with van der Waals surface area (Å²) in [7, 11) is 0. The van der Waals surface area contributed by atoms with Crippen molar-refractivity contribution in [2.45, 2.75) is 38.6 Å². The fourth-order valence-corrected chi connectivity index (χ4v) is 2.49. The molecule has 4 nitrogen and oxygen atoms in total. The van der Waals surface area contributed by atoms with Crippen molar-refractivity contribution in [3.63, 3.8) is 0 Å². The molecule has 0 aliphatic heterocycles. The zero-order chi connectivity index (χ0) is 15.5. The van der Waals surface area contributed by atoms with Gasteiger partial charge < -0.3 is 16.4 Å². The number of unbranched alkanes of at least 4 members (excludes halogenated alkanes) is 3. The molecule has 0 fully saturated rings. The number of nitrogens with one attached hydrogen (secondary N) is 2. The quantitative estimate of drug-likeness (QED) is 0.609. The molecule has 0 bridgehead atoms. The predicted octanol–water partition coefficient (Wildman–Crippen LogP) is 3.75. The number of carbonyl (C=O) groups excluding carboxylic acids is 1. The number of hydrogen-bond acceptors (Lipinski definition) is 3. The molecule has 1 aromatic carbocycles. The first-order chi connectivity index (χ1) is 10.1. The Morgan fingerprint density at radius 1 is 1.29 bits per heavy atom. The van der Waals surface area contributed by atoms with E-state index in [9.17, 15) is 4.79 Å². The summed E-state index contributed by atoms with van der Waals surface area (Å²) in [5, 5.41) is 5.72. The van der Waals surface area contributed by atoms with Gasteiger partial charge in [-0.15, -0.1) is 0 Å². The van der Waals surface area contributed by atoms with Gasteiger partial charge in [-0.25, -0.2) is 4.79 Å². The number of amides is 2. The van der Waals surface area contributed by atoms with Crippen LogP contribution in [0.2, 0.25) is 0 Å². The fourth-order valence-electron chi connectivity index (χ4n) is 2.00. The SMILES string of the molecule is CSCCCCCCNC(=O)Nc1cccc(C(C)N)c1. The van der Waals surface area contributed by atoms with E-state index in [1.54, 1.807) is 0 Å². The summed E-state index contributed by atoms with van der Waals surface area (Å²) in [6.07, 6.45) is 6.83. The average Bonchev–Trinajstić information content (AvgIpc) is 2.46. The molecule has 5 heteroatoms. The lowest BCUT2D eigenvalue weighted by Crippen LogP contribution is -2.29. The minimum absolute atomic E-state index is 0.0314. The van der Waals surface area contributed by atoms with Gasteiger partial charge in [-0.05, 0) is 49.5 Å². The largest absolute Gasteiger partial charge is 0.338 e. The van der Waals surface area contributed by atoms with Gasteiger partial charge in [0.2, 0.25) is 0 Å². The summed E-state index contributed by atoms with van der Waals surface area (Å²) in [6.45, 7) is 2.65. The number of thioether (sulfide) groups is 1. The molecule has 118 valence electrons. The number of urea groups is 1. The molecule has 0 heterocycles. The molecule has 0 saturated heterocycles. The molecule has 0 aliphatic carbocycles. The number of benzene rings is 1. The Labute approximate surface area is 132 Å². The summed E-state index contributed by atoms with van der Waals surface area (Å²) in [5.41, 5.74) is 7.63. The number of rotatable bonds is 9. The Bertz CT molecular complexity index is 424. The van der Waals surface area contributed by atoms with Crippen molar-refractivity contribution in [2.75, 3.05) is 23.9 Å². The minimum atomic E-state index is -0.152. The van der Waals surface area contributed by atoms with Crippen LogP contribution in [0.15, 0.2) is 24.3 Å². The summed E-state index contributed by atoms with van der Waals surface area (Å²) in [6, 6.07) is 7.46. The fraction of sp³-hybridized carbons (Fsp3) is 0.562. The summed E-state index contributed by atoms with van der Waals surface area (Å²) < 4.78 is 0. The van der Waals surface area contributed by atoms with Crippen LogP contribution in [0.25, 0.3) is 0 Å². The van der Waals surface area contributed by atoms with Gasteiger partial charge in [0.05, 0.1) is 0 Å². The molecule has 0 radical (unpaired) electrons. The van der Waals surface area contributed by atoms with Crippen molar-refractivity contribution in [3.8, 4) is 0 Å². The predicted molar refractivity (Wildman–Crippen MR) is 92.9 cm³/mol. The molecule has 21 heavy (non-hydrogen) atoms. The lowest BCUT2D eigenvalue weighted by molar-refractivity contribution is 0.252. The lowest BCUT2D eigenvalue weighted by atomic mass is 10.1. The maximum atomic E-state index is 11.8. The molecule has 0 saturated carbocycles. The van der Waals surface area contributed by atoms with E-state index in [4.69, 9.17) is 5.73 Å². The molecule has 1 rings (SSSR count). The Hall–Kier alpha value is -1.20. The number of hydrogen-bond donors (Lipinski definition) is 3. The highest BCUT2D eigenvalue weighted by Crippen LogP contribution is 2.15. The first-order valence-corrected chi connectivity index (χ1v) is 8.92. The Morgan fingerprint density at radius 3 is 2.76 bits per heavy atom. The second-order valence-electron chi connectivity index (χ2n) is 5.20. The van der Waals surface area contributed by atoms with Crippen LogP contribution in [-0.2, 0) is 0 Å². The van der Waals surface area contributed by atoms with Crippen LogP contribution in [-0.4, -0.2) is 24.6 Å². The molecule has 1 aromatic rings. The zero-order valence-electron chi connectivity index (χ0n) is 13.0. The monoisotopic (exact) mass is 309 g/mol. The van der Waals surface area contributed by atoms with Gasteiger partial charge in [-0.3, -0.25) is 0 Å². The van der Waals surface area contributed by atoms with Crippen molar-refractivity contribution in [1.29, 1.82) is 0 Å². The molecule has 0 spiro atoms. The smallest absolute Gasteiger partial charge is 0.319 e. The summed E-state index contributed by atoms with van der Waals surface area (Å²) in [4.78, 5) is 11.8. The van der Waals surface area contributed by atoms with Crippen molar-refractivity contribution in [2.24, 2.45) is 5.73 Å². The number of anilines is 1. The second kappa shape index (κ2) is 10.5. The normalized spacial score (nSPS) is 12.0. The van der Waals surface area contributed by atoms with Crippen LogP contribution >= 0.6 is 11.8 Å². The van der Waals surface area contributed by atoms with E-state index in [1.165, 1.54) is 25.0 Å². The molecule has 0 aromatic heterocycles. The minimum Gasteiger partial charge on any atom is -0.338 e. The van der Waals surface area contributed by atoms with Gasteiger partial charge in [0, 0.05) is 18.3 Å². The van der Waals surface area contributed by atoms with Crippen molar-refractivity contribution < 1.29 is 4.79 Å². The topological polar surface area (TPSA) is 67.2 Å². The van der Waals surface area contributed by atoms with Crippen LogP contribution in [0.4, 0.5) is 10.5 Å². The van der Waals surface area contributed by atoms with Crippen molar-refractivity contribution >= 4 is 23.5 Å². The zero-order valence-corrected chi connectivity index (χ0v) is 13.8. The van der Waals surface area contributed by atoms with Crippen LogP contribution in [0.5, 0.6) is 0 Å². The Kier molecular flexibility index (Phi) is 8.94. The average molecular weight is 309 g/mol. The Balaban J connectivity index is 2.20. The third kappa shape index (κ3) is 7.97. The van der Waals surface area contributed by atoms with Gasteiger partial charge in [0.25, 0.3) is 0 Å². The standard InChI is InChI=1S/C16H27N3OS/c1-13(17)14-8-7-9-15(12-14)19-16(20)18-10-5-3-4-6-11-21-2/h7-9,12-13H,3-6,10-11,17H2,1-2H3,(H2,18,19,20). The van der Waals surface area contributed by atoms with Crippen LogP contribution in [0, 0.1) is 0 Å². The molecule has 4 N–H and O–H groups in total. The summed E-state index contributed by atoms with van der Waals surface area (Å²) >= 11 is 1.89. The van der Waals surface area contributed by atoms with Gasteiger partial charge >= 0.3 is 6.03 Å². The maximum Gasteiger partial charge on any atom is 0.319 e. The number of nitrogens with two attached hydrogens (primary N) is 1. The van der Waals surface area contributed by atoms with E-state index in [0.29, 0.717) is 0 Å². The molecule has 2 amide bonds. The summed E-state index contributed by atoms with van der Waals surface area (Å²) in [5.74, 6) is 1.23. The Morgan fingerprint density at radius 2 is 2.05 bits per heavy atom. The van der Waals surface area contributed by atoms with Crippen LogP contribution < -0.4 is 16.4 Å². The first-order valence-electron chi connectivity index (χ1n) is 7.53. The third-order valence-electron chi connectivity index (χ3n) is 3.23. The third-order valence-corrected chi connectivity index (χ3v) is 3.93. The molecule has 1 unspecified atom stereocenters. The van der Waals surface area contributed by atoms with Crippen molar-refractivity contribution in [3.05, 3.63) is 29.8 Å². The molecular formula is C16H27N3OS. The van der Waals surface area contributed by atoms with E-state index in [1.807, 2.05) is 43.0 Å². The van der Waals surface area contributed by atoms with Crippen molar-refractivity contribution in [1.82, 2.24) is 5.32 Å². The van der Waals surface area contributed by atoms with Gasteiger partial charge in [-0.2, -0.15) is 11.8 Å². The first kappa shape index (κ1) is 17.9. The molecule has 1 atom stereocenters. The highest BCUT2D eigenvalue weighted by molar-refractivity contribution is 7.98. The molecular weight excluding hydrogens is 282 g/mol. The van der Waals surface area contributed by atoms with E-state index in [-0.39, 0.29) is 12.1 Å². The van der Waals surface area contributed by atoms with Gasteiger partial charge in [0.15, 0.2) is 0 Å². The second-order valence-corrected chi connectivity index (χ2v) is 6.19.